The minimum absolute atomic E-state index is 0.0531. The highest BCUT2D eigenvalue weighted by Gasteiger charge is 2.27. The third-order valence-electron chi connectivity index (χ3n) is 4.27. The summed E-state index contributed by atoms with van der Waals surface area (Å²) in [4.78, 5) is 29.9. The Balaban J connectivity index is 1.73. The van der Waals surface area contributed by atoms with Crippen molar-refractivity contribution in [2.45, 2.75) is 25.7 Å². The summed E-state index contributed by atoms with van der Waals surface area (Å²) in [5.41, 5.74) is 6.85. The first kappa shape index (κ1) is 16.9. The standard InChI is InChI=1S/C17H21N5O3/c1-2-25-15-8-11(5-6-19-15)17(24)22-7-3-4-12(10-22)13-9-14(16(18)23)21-20-13/h5-6,8-9,12H,2-4,7,10H2,1H3,(H2,18,23)(H,20,21)/t12-/m1/s1. The number of piperidine rings is 1. The smallest absolute Gasteiger partial charge is 0.269 e. The average Bonchev–Trinajstić information content (AvgIpc) is 3.12. The third-order valence-corrected chi connectivity index (χ3v) is 4.27. The molecule has 0 aliphatic carbocycles. The van der Waals surface area contributed by atoms with Gasteiger partial charge in [0.25, 0.3) is 11.8 Å². The molecule has 1 atom stereocenters. The van der Waals surface area contributed by atoms with Crippen molar-refractivity contribution in [1.82, 2.24) is 20.1 Å². The zero-order valence-corrected chi connectivity index (χ0v) is 14.1. The summed E-state index contributed by atoms with van der Waals surface area (Å²) in [6, 6.07) is 5.02. The fourth-order valence-electron chi connectivity index (χ4n) is 3.04. The van der Waals surface area contributed by atoms with Crippen molar-refractivity contribution in [3.05, 3.63) is 41.3 Å². The molecule has 1 aliphatic heterocycles. The van der Waals surface area contributed by atoms with E-state index in [4.69, 9.17) is 10.5 Å². The lowest BCUT2D eigenvalue weighted by molar-refractivity contribution is 0.0705. The fourth-order valence-corrected chi connectivity index (χ4v) is 3.04. The van der Waals surface area contributed by atoms with Crippen molar-refractivity contribution >= 4 is 11.8 Å². The number of hydrogen-bond acceptors (Lipinski definition) is 5. The van der Waals surface area contributed by atoms with Crippen LogP contribution in [0.5, 0.6) is 5.88 Å². The molecule has 2 aromatic rings. The lowest BCUT2D eigenvalue weighted by Gasteiger charge is -2.32. The van der Waals surface area contributed by atoms with Crippen molar-refractivity contribution in [3.8, 4) is 5.88 Å². The number of rotatable bonds is 5. The van der Waals surface area contributed by atoms with Gasteiger partial charge in [0.15, 0.2) is 0 Å². The molecule has 0 radical (unpaired) electrons. The van der Waals surface area contributed by atoms with Gasteiger partial charge in [-0.2, -0.15) is 5.10 Å². The van der Waals surface area contributed by atoms with E-state index in [1.165, 1.54) is 0 Å². The second kappa shape index (κ2) is 7.33. The van der Waals surface area contributed by atoms with Crippen molar-refractivity contribution in [2.24, 2.45) is 5.73 Å². The van der Waals surface area contributed by atoms with Gasteiger partial charge < -0.3 is 15.4 Å². The highest BCUT2D eigenvalue weighted by molar-refractivity contribution is 5.94. The van der Waals surface area contributed by atoms with E-state index in [0.29, 0.717) is 31.1 Å². The van der Waals surface area contributed by atoms with Crippen molar-refractivity contribution in [3.63, 3.8) is 0 Å². The van der Waals surface area contributed by atoms with E-state index >= 15 is 0 Å². The molecular formula is C17H21N5O3. The number of nitrogens with one attached hydrogen (secondary N) is 1. The summed E-state index contributed by atoms with van der Waals surface area (Å²) in [7, 11) is 0. The van der Waals surface area contributed by atoms with Crippen LogP contribution in [0.3, 0.4) is 0 Å². The van der Waals surface area contributed by atoms with Crippen LogP contribution in [-0.4, -0.2) is 51.6 Å². The molecule has 0 bridgehead atoms. The van der Waals surface area contributed by atoms with Gasteiger partial charge in [0.2, 0.25) is 5.88 Å². The summed E-state index contributed by atoms with van der Waals surface area (Å²) >= 11 is 0. The van der Waals surface area contributed by atoms with Crippen molar-refractivity contribution < 1.29 is 14.3 Å². The monoisotopic (exact) mass is 343 g/mol. The summed E-state index contributed by atoms with van der Waals surface area (Å²) in [5.74, 6) is -0.0674. The van der Waals surface area contributed by atoms with Crippen LogP contribution in [0.25, 0.3) is 0 Å². The van der Waals surface area contributed by atoms with Gasteiger partial charge in [-0.25, -0.2) is 4.98 Å². The second-order valence-electron chi connectivity index (χ2n) is 5.98. The number of ether oxygens (including phenoxy) is 1. The maximum atomic E-state index is 12.8. The molecule has 8 nitrogen and oxygen atoms in total. The van der Waals surface area contributed by atoms with Gasteiger partial charge in [-0.1, -0.05) is 0 Å². The SMILES string of the molecule is CCOc1cc(C(=O)N2CCC[C@@H](c3cc(C(N)=O)n[nH]3)C2)ccn1. The predicted octanol–water partition coefficient (Wildman–Crippen LogP) is 1.32. The molecule has 25 heavy (non-hydrogen) atoms. The molecule has 2 amide bonds. The predicted molar refractivity (Wildman–Crippen MR) is 90.4 cm³/mol. The summed E-state index contributed by atoms with van der Waals surface area (Å²) in [6.07, 6.45) is 3.38. The number of hydrogen-bond donors (Lipinski definition) is 2. The lowest BCUT2D eigenvalue weighted by Crippen LogP contribution is -2.39. The van der Waals surface area contributed by atoms with Crippen LogP contribution in [0.4, 0.5) is 0 Å². The van der Waals surface area contributed by atoms with Gasteiger partial charge in [-0.15, -0.1) is 0 Å². The van der Waals surface area contributed by atoms with Crippen LogP contribution in [0.2, 0.25) is 0 Å². The first-order valence-corrected chi connectivity index (χ1v) is 8.31. The van der Waals surface area contributed by atoms with E-state index in [-0.39, 0.29) is 17.5 Å². The molecule has 8 heteroatoms. The summed E-state index contributed by atoms with van der Waals surface area (Å²) in [6.45, 7) is 3.62. The quantitative estimate of drug-likeness (QED) is 0.850. The molecule has 3 heterocycles. The summed E-state index contributed by atoms with van der Waals surface area (Å²) in [5, 5.41) is 6.79. The zero-order valence-electron chi connectivity index (χ0n) is 14.1. The number of nitrogens with zero attached hydrogens (tertiary/aromatic N) is 3. The molecule has 0 aromatic carbocycles. The highest BCUT2D eigenvalue weighted by atomic mass is 16.5. The van der Waals surface area contributed by atoms with Crippen LogP contribution in [0.1, 0.15) is 52.2 Å². The number of pyridine rings is 1. The zero-order chi connectivity index (χ0) is 17.8. The van der Waals surface area contributed by atoms with Gasteiger partial charge in [0, 0.05) is 42.5 Å². The molecule has 132 valence electrons. The van der Waals surface area contributed by atoms with Crippen LogP contribution in [0.15, 0.2) is 24.4 Å². The van der Waals surface area contributed by atoms with Crippen LogP contribution >= 0.6 is 0 Å². The molecule has 1 fully saturated rings. The fraction of sp³-hybridized carbons (Fsp3) is 0.412. The van der Waals surface area contributed by atoms with Gasteiger partial charge in [0.1, 0.15) is 5.69 Å². The van der Waals surface area contributed by atoms with Crippen molar-refractivity contribution in [1.29, 1.82) is 0 Å². The minimum atomic E-state index is -0.563. The molecule has 3 N–H and O–H groups in total. The lowest BCUT2D eigenvalue weighted by atomic mass is 9.94. The van der Waals surface area contributed by atoms with Crippen LogP contribution < -0.4 is 10.5 Å². The van der Waals surface area contributed by atoms with Gasteiger partial charge in [-0.3, -0.25) is 14.7 Å². The third kappa shape index (κ3) is 3.78. The minimum Gasteiger partial charge on any atom is -0.478 e. The average molecular weight is 343 g/mol. The Kier molecular flexibility index (Phi) is 4.97. The molecule has 0 spiro atoms. The van der Waals surface area contributed by atoms with E-state index in [1.807, 2.05) is 11.8 Å². The Hall–Kier alpha value is -2.90. The van der Waals surface area contributed by atoms with Gasteiger partial charge in [0.05, 0.1) is 6.61 Å². The van der Waals surface area contributed by atoms with Gasteiger partial charge >= 0.3 is 0 Å². The number of likely N-dealkylation sites (tertiary alicyclic amines) is 1. The maximum absolute atomic E-state index is 12.8. The van der Waals surface area contributed by atoms with Crippen molar-refractivity contribution in [2.75, 3.05) is 19.7 Å². The topological polar surface area (TPSA) is 114 Å². The van der Waals surface area contributed by atoms with Crippen LogP contribution in [0, 0.1) is 0 Å². The molecule has 3 rings (SSSR count). The number of carbonyl (C=O) groups is 2. The Bertz CT molecular complexity index is 773. The number of H-pyrrole nitrogens is 1. The largest absolute Gasteiger partial charge is 0.478 e. The Morgan fingerprint density at radius 2 is 2.28 bits per heavy atom. The number of primary amides is 1. The number of aromatic nitrogens is 3. The molecule has 2 aromatic heterocycles. The Labute approximate surface area is 145 Å². The molecule has 1 aliphatic rings. The first-order chi connectivity index (χ1) is 12.1. The maximum Gasteiger partial charge on any atom is 0.269 e. The van der Waals surface area contributed by atoms with Crippen LogP contribution in [-0.2, 0) is 0 Å². The Morgan fingerprint density at radius 3 is 3.00 bits per heavy atom. The first-order valence-electron chi connectivity index (χ1n) is 8.31. The van der Waals surface area contributed by atoms with E-state index < -0.39 is 5.91 Å². The highest BCUT2D eigenvalue weighted by Crippen LogP contribution is 2.27. The molecule has 0 saturated carbocycles. The summed E-state index contributed by atoms with van der Waals surface area (Å²) < 4.78 is 5.36. The van der Waals surface area contributed by atoms with E-state index in [1.54, 1.807) is 24.4 Å². The Morgan fingerprint density at radius 1 is 1.44 bits per heavy atom. The molecule has 1 saturated heterocycles. The van der Waals surface area contributed by atoms with E-state index in [2.05, 4.69) is 15.2 Å². The number of amides is 2. The second-order valence-corrected chi connectivity index (χ2v) is 5.98. The molecular weight excluding hydrogens is 322 g/mol. The normalized spacial score (nSPS) is 17.3. The van der Waals surface area contributed by atoms with E-state index in [9.17, 15) is 9.59 Å². The number of carbonyl (C=O) groups excluding carboxylic acids is 2. The number of aromatic amines is 1. The van der Waals surface area contributed by atoms with E-state index in [0.717, 1.165) is 18.5 Å². The number of nitrogens with two attached hydrogens (primary N) is 1. The van der Waals surface area contributed by atoms with Gasteiger partial charge in [-0.05, 0) is 31.9 Å². The molecule has 0 unspecified atom stereocenters.